The van der Waals surface area contributed by atoms with Crippen molar-refractivity contribution >= 4 is 35.0 Å². The third-order valence-electron chi connectivity index (χ3n) is 4.09. The van der Waals surface area contributed by atoms with Crippen molar-refractivity contribution in [3.8, 4) is 11.3 Å². The molecule has 0 N–H and O–H groups in total. The number of likely N-dealkylation sites (N-methyl/N-ethyl adjacent to an activating group) is 1. The van der Waals surface area contributed by atoms with E-state index in [2.05, 4.69) is 0 Å². The lowest BCUT2D eigenvalue weighted by Crippen LogP contribution is -2.27. The first-order valence-electron chi connectivity index (χ1n) is 7.99. The van der Waals surface area contributed by atoms with Crippen LogP contribution in [0.1, 0.15) is 28.6 Å². The number of nitrogens with zero attached hydrogens (tertiary/aromatic N) is 1. The van der Waals surface area contributed by atoms with Gasteiger partial charge in [0.2, 0.25) is 0 Å². The molecule has 0 bridgehead atoms. The molecule has 1 aromatic heterocycles. The Bertz CT molecular complexity index is 928. The standard InChI is InChI=1S/C19H17NO5S/c1-4-20-17(21)16(26-19(20)23)10-12-8-9-15(25-12)13-6-5-7-14(11(13)2)18(22)24-3/h5-10H,4H2,1-3H3/b16-10-. The first kappa shape index (κ1) is 18.0. The summed E-state index contributed by atoms with van der Waals surface area (Å²) in [5.74, 6) is 0.299. The second kappa shape index (κ2) is 7.21. The van der Waals surface area contributed by atoms with Gasteiger partial charge in [0, 0.05) is 18.2 Å². The molecule has 7 heteroatoms. The van der Waals surface area contributed by atoms with Gasteiger partial charge < -0.3 is 9.15 Å². The van der Waals surface area contributed by atoms with Crippen molar-refractivity contribution in [3.63, 3.8) is 0 Å². The number of benzene rings is 1. The topological polar surface area (TPSA) is 76.8 Å². The van der Waals surface area contributed by atoms with Gasteiger partial charge in [0.25, 0.3) is 11.1 Å². The van der Waals surface area contributed by atoms with Gasteiger partial charge in [-0.25, -0.2) is 4.79 Å². The molecule has 0 saturated carbocycles. The normalized spacial score (nSPS) is 15.8. The number of carbonyl (C=O) groups excluding carboxylic acids is 3. The summed E-state index contributed by atoms with van der Waals surface area (Å²) in [6.45, 7) is 3.91. The number of furan rings is 1. The molecule has 2 aromatic rings. The van der Waals surface area contributed by atoms with Gasteiger partial charge in [-0.3, -0.25) is 14.5 Å². The Morgan fingerprint density at radius 2 is 2.04 bits per heavy atom. The summed E-state index contributed by atoms with van der Waals surface area (Å²) in [6, 6.07) is 8.77. The molecule has 0 spiro atoms. The number of thioether (sulfide) groups is 1. The maximum atomic E-state index is 12.2. The van der Waals surface area contributed by atoms with E-state index in [9.17, 15) is 14.4 Å². The zero-order valence-corrected chi connectivity index (χ0v) is 15.4. The van der Waals surface area contributed by atoms with Crippen LogP contribution in [-0.2, 0) is 9.53 Å². The average Bonchev–Trinajstić information content (AvgIpc) is 3.19. The van der Waals surface area contributed by atoms with Crippen LogP contribution in [0, 0.1) is 6.92 Å². The lowest BCUT2D eigenvalue weighted by atomic mass is 10.0. The molecular formula is C19H17NO5S. The third kappa shape index (κ3) is 3.17. The minimum Gasteiger partial charge on any atom is -0.465 e. The Morgan fingerprint density at radius 1 is 1.27 bits per heavy atom. The van der Waals surface area contributed by atoms with E-state index >= 15 is 0 Å². The van der Waals surface area contributed by atoms with Crippen molar-refractivity contribution in [3.05, 3.63) is 52.1 Å². The van der Waals surface area contributed by atoms with Crippen molar-refractivity contribution in [1.82, 2.24) is 4.90 Å². The van der Waals surface area contributed by atoms with E-state index in [-0.39, 0.29) is 11.1 Å². The summed E-state index contributed by atoms with van der Waals surface area (Å²) in [6.07, 6.45) is 1.56. The molecular weight excluding hydrogens is 354 g/mol. The van der Waals surface area contributed by atoms with Crippen molar-refractivity contribution in [2.24, 2.45) is 0 Å². The summed E-state index contributed by atoms with van der Waals surface area (Å²) >= 11 is 0.896. The molecule has 2 heterocycles. The highest BCUT2D eigenvalue weighted by Crippen LogP contribution is 2.34. The first-order chi connectivity index (χ1) is 12.5. The SMILES string of the molecule is CCN1C(=O)S/C(=C\c2ccc(-c3cccc(C(=O)OC)c3C)o2)C1=O. The molecule has 1 aliphatic rings. The molecule has 2 amide bonds. The predicted molar refractivity (Wildman–Crippen MR) is 98.6 cm³/mol. The molecule has 134 valence electrons. The molecule has 0 unspecified atom stereocenters. The van der Waals surface area contributed by atoms with Gasteiger partial charge in [-0.15, -0.1) is 0 Å². The Balaban J connectivity index is 1.92. The number of amides is 2. The van der Waals surface area contributed by atoms with Gasteiger partial charge in [0.15, 0.2) is 0 Å². The van der Waals surface area contributed by atoms with Crippen LogP contribution in [0.3, 0.4) is 0 Å². The van der Waals surface area contributed by atoms with Gasteiger partial charge in [0.1, 0.15) is 11.5 Å². The molecule has 0 atom stereocenters. The number of ether oxygens (including phenoxy) is 1. The van der Waals surface area contributed by atoms with Gasteiger partial charge in [-0.2, -0.15) is 0 Å². The highest BCUT2D eigenvalue weighted by Gasteiger charge is 2.33. The third-order valence-corrected chi connectivity index (χ3v) is 5.00. The smallest absolute Gasteiger partial charge is 0.338 e. The van der Waals surface area contributed by atoms with E-state index < -0.39 is 5.97 Å². The van der Waals surface area contributed by atoms with Crippen molar-refractivity contribution in [2.75, 3.05) is 13.7 Å². The van der Waals surface area contributed by atoms with Crippen LogP contribution in [0.25, 0.3) is 17.4 Å². The summed E-state index contributed by atoms with van der Waals surface area (Å²) < 4.78 is 10.6. The Kier molecular flexibility index (Phi) is 4.99. The number of imide groups is 1. The summed E-state index contributed by atoms with van der Waals surface area (Å²) in [5, 5.41) is -0.280. The molecule has 1 aliphatic heterocycles. The predicted octanol–water partition coefficient (Wildman–Crippen LogP) is 4.10. The Labute approximate surface area is 154 Å². The molecule has 0 aliphatic carbocycles. The lowest BCUT2D eigenvalue weighted by molar-refractivity contribution is -0.122. The Hall–Kier alpha value is -2.80. The number of rotatable bonds is 4. The number of carbonyl (C=O) groups is 3. The minimum atomic E-state index is -0.413. The molecule has 3 rings (SSSR count). The van der Waals surface area contributed by atoms with Crippen LogP contribution in [-0.4, -0.2) is 35.7 Å². The molecule has 26 heavy (non-hydrogen) atoms. The number of hydrogen-bond acceptors (Lipinski definition) is 6. The maximum absolute atomic E-state index is 12.2. The van der Waals surface area contributed by atoms with Crippen LogP contribution in [0.15, 0.2) is 39.7 Å². The molecule has 1 fully saturated rings. The van der Waals surface area contributed by atoms with Gasteiger partial charge in [0.05, 0.1) is 17.6 Å². The van der Waals surface area contributed by atoms with Gasteiger partial charge >= 0.3 is 5.97 Å². The molecule has 0 radical (unpaired) electrons. The van der Waals surface area contributed by atoms with E-state index in [4.69, 9.17) is 9.15 Å². The second-order valence-corrected chi connectivity index (χ2v) is 6.59. The second-order valence-electron chi connectivity index (χ2n) is 5.60. The Morgan fingerprint density at radius 3 is 2.69 bits per heavy atom. The number of methoxy groups -OCH3 is 1. The monoisotopic (exact) mass is 371 g/mol. The number of esters is 1. The van der Waals surface area contributed by atoms with E-state index in [1.807, 2.05) is 13.0 Å². The van der Waals surface area contributed by atoms with Gasteiger partial charge in [-0.05, 0) is 49.4 Å². The fraction of sp³-hybridized carbons (Fsp3) is 0.211. The largest absolute Gasteiger partial charge is 0.465 e. The van der Waals surface area contributed by atoms with Crippen molar-refractivity contribution < 1.29 is 23.5 Å². The van der Waals surface area contributed by atoms with E-state index in [0.717, 1.165) is 22.9 Å². The summed E-state index contributed by atoms with van der Waals surface area (Å²) in [4.78, 5) is 37.3. The van der Waals surface area contributed by atoms with Crippen LogP contribution in [0.2, 0.25) is 0 Å². The van der Waals surface area contributed by atoms with Crippen LogP contribution >= 0.6 is 11.8 Å². The molecule has 1 aromatic carbocycles. The molecule has 1 saturated heterocycles. The van der Waals surface area contributed by atoms with Crippen LogP contribution < -0.4 is 0 Å². The first-order valence-corrected chi connectivity index (χ1v) is 8.81. The van der Waals surface area contributed by atoms with Crippen LogP contribution in [0.4, 0.5) is 4.79 Å². The fourth-order valence-electron chi connectivity index (χ4n) is 2.71. The number of hydrogen-bond donors (Lipinski definition) is 0. The quantitative estimate of drug-likeness (QED) is 0.595. The van der Waals surface area contributed by atoms with E-state index in [0.29, 0.717) is 28.5 Å². The zero-order chi connectivity index (χ0) is 18.8. The fourth-order valence-corrected chi connectivity index (χ4v) is 3.59. The zero-order valence-electron chi connectivity index (χ0n) is 14.6. The van der Waals surface area contributed by atoms with Crippen molar-refractivity contribution in [2.45, 2.75) is 13.8 Å². The maximum Gasteiger partial charge on any atom is 0.338 e. The van der Waals surface area contributed by atoms with E-state index in [1.165, 1.54) is 12.0 Å². The van der Waals surface area contributed by atoms with Gasteiger partial charge in [-0.1, -0.05) is 12.1 Å². The van der Waals surface area contributed by atoms with Crippen LogP contribution in [0.5, 0.6) is 0 Å². The average molecular weight is 371 g/mol. The summed E-state index contributed by atoms with van der Waals surface area (Å²) in [5.41, 5.74) is 1.97. The summed E-state index contributed by atoms with van der Waals surface area (Å²) in [7, 11) is 1.34. The highest BCUT2D eigenvalue weighted by molar-refractivity contribution is 8.18. The molecule has 6 nitrogen and oxygen atoms in total. The van der Waals surface area contributed by atoms with Crippen molar-refractivity contribution in [1.29, 1.82) is 0 Å². The highest BCUT2D eigenvalue weighted by atomic mass is 32.2. The van der Waals surface area contributed by atoms with E-state index in [1.54, 1.807) is 37.3 Å². The minimum absolute atomic E-state index is 0.280. The lowest BCUT2D eigenvalue weighted by Gasteiger charge is -2.08.